The third kappa shape index (κ3) is 8.34. The van der Waals surface area contributed by atoms with Crippen LogP contribution in [0.3, 0.4) is 0 Å². The SMILES string of the molecule is Cc1ccc(Sc2ccccc2NC(=O)[C@H](CCC(=O)OC(C)(C)C)NC(=O)OCC2c3ccccc3-c3ccccc32)cc1. The fourth-order valence-corrected chi connectivity index (χ4v) is 6.22. The Balaban J connectivity index is 1.29. The molecule has 0 aliphatic heterocycles. The highest BCUT2D eigenvalue weighted by Crippen LogP contribution is 2.44. The molecule has 0 unspecified atom stereocenters. The van der Waals surface area contributed by atoms with Crippen LogP contribution in [0.15, 0.2) is 107 Å². The maximum absolute atomic E-state index is 13.6. The number of carbonyl (C=O) groups excluding carboxylic acids is 3. The molecule has 0 fully saturated rings. The standard InChI is InChI=1S/C37H38N2O5S/c1-24-17-19-25(20-18-24)45-33-16-10-9-15-31(33)38-35(41)32(21-22-34(40)44-37(2,3)4)39-36(42)43-23-30-28-13-7-5-11-26(28)27-12-6-8-14-29(27)30/h5-20,30,32H,21-23H2,1-4H3,(H,38,41)(H,39,42)/t32-/m0/s1. The van der Waals surface area contributed by atoms with Gasteiger partial charge in [-0.05, 0) is 80.6 Å². The molecule has 8 heteroatoms. The van der Waals surface area contributed by atoms with E-state index in [4.69, 9.17) is 9.47 Å². The molecule has 2 N–H and O–H groups in total. The fourth-order valence-electron chi connectivity index (χ4n) is 5.32. The van der Waals surface area contributed by atoms with E-state index in [0.29, 0.717) is 5.69 Å². The summed E-state index contributed by atoms with van der Waals surface area (Å²) in [4.78, 5) is 41.2. The lowest BCUT2D eigenvalue weighted by atomic mass is 9.98. The number of para-hydroxylation sites is 1. The molecule has 4 aromatic rings. The smallest absolute Gasteiger partial charge is 0.407 e. The van der Waals surface area contributed by atoms with Gasteiger partial charge in [-0.2, -0.15) is 0 Å². The lowest BCUT2D eigenvalue weighted by Gasteiger charge is -2.22. The first-order valence-electron chi connectivity index (χ1n) is 15.0. The van der Waals surface area contributed by atoms with E-state index >= 15 is 0 Å². The van der Waals surface area contributed by atoms with E-state index < -0.39 is 29.6 Å². The molecule has 1 aliphatic rings. The zero-order valence-electron chi connectivity index (χ0n) is 26.0. The Bertz CT molecular complexity index is 1630. The highest BCUT2D eigenvalue weighted by Gasteiger charge is 2.30. The molecule has 0 aromatic heterocycles. The maximum atomic E-state index is 13.6. The number of hydrogen-bond acceptors (Lipinski definition) is 6. The molecule has 1 atom stereocenters. The van der Waals surface area contributed by atoms with Crippen molar-refractivity contribution in [2.45, 2.75) is 67.9 Å². The van der Waals surface area contributed by atoms with Crippen molar-refractivity contribution in [3.05, 3.63) is 114 Å². The Labute approximate surface area is 268 Å². The number of ether oxygens (including phenoxy) is 2. The normalized spacial score (nSPS) is 12.9. The van der Waals surface area contributed by atoms with E-state index in [2.05, 4.69) is 22.8 Å². The van der Waals surface area contributed by atoms with Gasteiger partial charge in [-0.15, -0.1) is 0 Å². The summed E-state index contributed by atoms with van der Waals surface area (Å²) < 4.78 is 11.2. The van der Waals surface area contributed by atoms with Crippen LogP contribution in [0.4, 0.5) is 10.5 Å². The van der Waals surface area contributed by atoms with Crippen molar-refractivity contribution in [3.63, 3.8) is 0 Å². The Morgan fingerprint density at radius 3 is 2.07 bits per heavy atom. The molecule has 0 saturated heterocycles. The molecule has 45 heavy (non-hydrogen) atoms. The minimum absolute atomic E-state index is 0.0399. The van der Waals surface area contributed by atoms with Crippen LogP contribution in [-0.4, -0.2) is 36.2 Å². The van der Waals surface area contributed by atoms with Gasteiger partial charge in [0.25, 0.3) is 0 Å². The second kappa shape index (κ2) is 14.0. The number of rotatable bonds is 10. The fraction of sp³-hybridized carbons (Fsp3) is 0.270. The van der Waals surface area contributed by atoms with E-state index in [-0.39, 0.29) is 25.4 Å². The Kier molecular flexibility index (Phi) is 9.93. The third-order valence-corrected chi connectivity index (χ3v) is 8.49. The molecular weight excluding hydrogens is 584 g/mol. The molecular formula is C37H38N2O5S. The number of benzene rings is 4. The van der Waals surface area contributed by atoms with Gasteiger partial charge in [-0.3, -0.25) is 9.59 Å². The van der Waals surface area contributed by atoms with Gasteiger partial charge >= 0.3 is 12.1 Å². The van der Waals surface area contributed by atoms with Crippen molar-refractivity contribution >= 4 is 35.4 Å². The van der Waals surface area contributed by atoms with Gasteiger partial charge in [0, 0.05) is 22.1 Å². The molecule has 4 aromatic carbocycles. The summed E-state index contributed by atoms with van der Waals surface area (Å²) in [5.41, 5.74) is 5.53. The predicted molar refractivity (Wildman–Crippen MR) is 177 cm³/mol. The summed E-state index contributed by atoms with van der Waals surface area (Å²) in [6.45, 7) is 7.49. The molecule has 232 valence electrons. The number of esters is 1. The number of nitrogens with one attached hydrogen (secondary N) is 2. The van der Waals surface area contributed by atoms with Crippen LogP contribution < -0.4 is 10.6 Å². The first-order valence-corrected chi connectivity index (χ1v) is 15.9. The lowest BCUT2D eigenvalue weighted by Crippen LogP contribution is -2.44. The quantitative estimate of drug-likeness (QED) is 0.174. The number of fused-ring (bicyclic) bond motifs is 3. The molecule has 0 bridgehead atoms. The summed E-state index contributed by atoms with van der Waals surface area (Å²) >= 11 is 1.53. The highest BCUT2D eigenvalue weighted by atomic mass is 32.2. The number of hydrogen-bond donors (Lipinski definition) is 2. The number of aryl methyl sites for hydroxylation is 1. The van der Waals surface area contributed by atoms with Crippen molar-refractivity contribution in [3.8, 4) is 11.1 Å². The lowest BCUT2D eigenvalue weighted by molar-refractivity contribution is -0.155. The highest BCUT2D eigenvalue weighted by molar-refractivity contribution is 7.99. The van der Waals surface area contributed by atoms with Crippen LogP contribution in [0.1, 0.15) is 56.2 Å². The van der Waals surface area contributed by atoms with Crippen LogP contribution in [0.5, 0.6) is 0 Å². The van der Waals surface area contributed by atoms with E-state index in [1.54, 1.807) is 20.8 Å². The van der Waals surface area contributed by atoms with Crippen molar-refractivity contribution < 1.29 is 23.9 Å². The van der Waals surface area contributed by atoms with E-state index in [0.717, 1.165) is 37.6 Å². The van der Waals surface area contributed by atoms with Crippen LogP contribution in [0.2, 0.25) is 0 Å². The van der Waals surface area contributed by atoms with Gasteiger partial charge in [-0.1, -0.05) is 90.1 Å². The van der Waals surface area contributed by atoms with Gasteiger partial charge in [0.15, 0.2) is 0 Å². The van der Waals surface area contributed by atoms with Gasteiger partial charge in [0.05, 0.1) is 5.69 Å². The van der Waals surface area contributed by atoms with Crippen molar-refractivity contribution in [1.82, 2.24) is 5.32 Å². The van der Waals surface area contributed by atoms with Gasteiger partial charge in [0.1, 0.15) is 18.2 Å². The largest absolute Gasteiger partial charge is 0.460 e. The summed E-state index contributed by atoms with van der Waals surface area (Å²) in [5, 5.41) is 5.68. The van der Waals surface area contributed by atoms with Gasteiger partial charge in [0.2, 0.25) is 5.91 Å². The number of anilines is 1. The molecule has 0 radical (unpaired) electrons. The predicted octanol–water partition coefficient (Wildman–Crippen LogP) is 8.11. The van der Waals surface area contributed by atoms with Gasteiger partial charge < -0.3 is 20.1 Å². The molecule has 5 rings (SSSR count). The van der Waals surface area contributed by atoms with E-state index in [1.165, 1.54) is 11.8 Å². The zero-order valence-corrected chi connectivity index (χ0v) is 26.8. The Hall–Kier alpha value is -4.56. The summed E-state index contributed by atoms with van der Waals surface area (Å²) in [7, 11) is 0. The average Bonchev–Trinajstić information content (AvgIpc) is 3.33. The van der Waals surface area contributed by atoms with E-state index in [9.17, 15) is 14.4 Å². The van der Waals surface area contributed by atoms with Crippen molar-refractivity contribution in [2.24, 2.45) is 0 Å². The van der Waals surface area contributed by atoms with Gasteiger partial charge in [-0.25, -0.2) is 4.79 Å². The van der Waals surface area contributed by atoms with Crippen molar-refractivity contribution in [2.75, 3.05) is 11.9 Å². The summed E-state index contributed by atoms with van der Waals surface area (Å²) in [5.74, 6) is -1.03. The minimum Gasteiger partial charge on any atom is -0.460 e. The third-order valence-electron chi connectivity index (χ3n) is 7.40. The average molecular weight is 623 g/mol. The molecule has 1 aliphatic carbocycles. The minimum atomic E-state index is -1.04. The zero-order chi connectivity index (χ0) is 32.0. The van der Waals surface area contributed by atoms with Crippen LogP contribution in [-0.2, 0) is 19.1 Å². The summed E-state index contributed by atoms with van der Waals surface area (Å²) in [6, 6.07) is 30.7. The Morgan fingerprint density at radius 1 is 0.822 bits per heavy atom. The molecule has 7 nitrogen and oxygen atoms in total. The number of alkyl carbamates (subject to hydrolysis) is 1. The second-order valence-electron chi connectivity index (χ2n) is 12.0. The van der Waals surface area contributed by atoms with Crippen LogP contribution >= 0.6 is 11.8 Å². The monoisotopic (exact) mass is 622 g/mol. The first kappa shape index (κ1) is 31.9. The van der Waals surface area contributed by atoms with Crippen molar-refractivity contribution in [1.29, 1.82) is 0 Å². The number of amides is 2. The van der Waals surface area contributed by atoms with Crippen LogP contribution in [0.25, 0.3) is 11.1 Å². The summed E-state index contributed by atoms with van der Waals surface area (Å²) in [6.07, 6.45) is -0.750. The molecule has 0 heterocycles. The Morgan fingerprint density at radius 2 is 1.42 bits per heavy atom. The van der Waals surface area contributed by atoms with E-state index in [1.807, 2.05) is 91.9 Å². The first-order chi connectivity index (χ1) is 21.6. The second-order valence-corrected chi connectivity index (χ2v) is 13.2. The van der Waals surface area contributed by atoms with Crippen LogP contribution in [0, 0.1) is 6.92 Å². The maximum Gasteiger partial charge on any atom is 0.407 e. The topological polar surface area (TPSA) is 93.7 Å². The number of carbonyl (C=O) groups is 3. The molecule has 2 amide bonds. The molecule has 0 saturated carbocycles. The molecule has 0 spiro atoms.